The molecule has 1 aliphatic heterocycles. The summed E-state index contributed by atoms with van der Waals surface area (Å²) in [6.07, 6.45) is 6.84. The summed E-state index contributed by atoms with van der Waals surface area (Å²) >= 11 is 0. The van der Waals surface area contributed by atoms with Crippen molar-refractivity contribution in [1.29, 1.82) is 5.26 Å². The lowest BCUT2D eigenvalue weighted by molar-refractivity contribution is 0.0292. The van der Waals surface area contributed by atoms with Crippen molar-refractivity contribution in [3.8, 4) is 11.8 Å². The number of sulfone groups is 1. The van der Waals surface area contributed by atoms with Gasteiger partial charge in [-0.15, -0.1) is 0 Å². The van der Waals surface area contributed by atoms with E-state index >= 15 is 0 Å². The van der Waals surface area contributed by atoms with Crippen molar-refractivity contribution in [2.45, 2.75) is 48.9 Å². The summed E-state index contributed by atoms with van der Waals surface area (Å²) < 4.78 is 37.3. The van der Waals surface area contributed by atoms with Gasteiger partial charge >= 0.3 is 6.09 Å². The minimum Gasteiger partial charge on any atom is -0.496 e. The first-order valence-electron chi connectivity index (χ1n) is 10.2. The average Bonchev–Trinajstić information content (AvgIpc) is 3.22. The summed E-state index contributed by atoms with van der Waals surface area (Å²) in [5.74, 6) is -0.262. The number of methoxy groups -OCH3 is 1. The number of carbonyl (C=O) groups is 1. The van der Waals surface area contributed by atoms with Crippen molar-refractivity contribution in [2.24, 2.45) is 5.92 Å². The fraction of sp³-hybridized carbons (Fsp3) is 0.478. The van der Waals surface area contributed by atoms with Crippen molar-refractivity contribution in [3.63, 3.8) is 0 Å². The Hall–Kier alpha value is -2.79. The molecule has 1 saturated heterocycles. The molecule has 1 fully saturated rings. The number of hydrogen-bond donors (Lipinski definition) is 0. The van der Waals surface area contributed by atoms with E-state index in [1.165, 1.54) is 13.2 Å². The van der Waals surface area contributed by atoms with E-state index in [4.69, 9.17) is 9.47 Å². The van der Waals surface area contributed by atoms with Crippen LogP contribution in [0.5, 0.6) is 5.75 Å². The van der Waals surface area contributed by atoms with Crippen LogP contribution in [0.25, 0.3) is 0 Å². The topological polar surface area (TPSA) is 96.7 Å². The highest BCUT2D eigenvalue weighted by atomic mass is 32.2. The molecule has 3 rings (SSSR count). The van der Waals surface area contributed by atoms with Crippen molar-refractivity contribution in [3.05, 3.63) is 48.1 Å². The third-order valence-electron chi connectivity index (χ3n) is 5.40. The van der Waals surface area contributed by atoms with E-state index < -0.39 is 26.6 Å². The van der Waals surface area contributed by atoms with E-state index in [1.807, 2.05) is 26.8 Å². The second-order valence-corrected chi connectivity index (χ2v) is 10.9. The highest BCUT2D eigenvalue weighted by molar-refractivity contribution is 7.92. The third kappa shape index (κ3) is 4.93. The quantitative estimate of drug-likeness (QED) is 0.700. The van der Waals surface area contributed by atoms with Crippen molar-refractivity contribution in [1.82, 2.24) is 4.90 Å². The molecule has 7 nitrogen and oxygen atoms in total. The summed E-state index contributed by atoms with van der Waals surface area (Å²) in [6.45, 7) is 6.52. The zero-order valence-electron chi connectivity index (χ0n) is 18.2. The minimum atomic E-state index is -3.77. The molecule has 0 saturated carbocycles. The number of nitriles is 1. The summed E-state index contributed by atoms with van der Waals surface area (Å²) in [6, 6.07) is 6.87. The first kappa shape index (κ1) is 22.9. The van der Waals surface area contributed by atoms with Crippen LogP contribution >= 0.6 is 0 Å². The van der Waals surface area contributed by atoms with Gasteiger partial charge in [-0.05, 0) is 44.9 Å². The Morgan fingerprint density at radius 2 is 1.94 bits per heavy atom. The summed E-state index contributed by atoms with van der Waals surface area (Å²) in [7, 11) is -2.27. The number of nitrogens with zero attached hydrogens (tertiary/aromatic N) is 2. The van der Waals surface area contributed by atoms with Gasteiger partial charge in [0.25, 0.3) is 0 Å². The SMILES string of the molecule is COc1cc(S(=O)(=O)C2C=CC=CC2C#N)ccc1C1CCN(C(=O)OC(C)(C)C)C1. The molecule has 1 aromatic rings. The molecule has 3 unspecified atom stereocenters. The molecular formula is C23H28N2O5S. The van der Waals surface area contributed by atoms with Crippen LogP contribution in [0, 0.1) is 17.2 Å². The first-order chi connectivity index (χ1) is 14.6. The highest BCUT2D eigenvalue weighted by Crippen LogP contribution is 2.37. The Labute approximate surface area is 183 Å². The van der Waals surface area contributed by atoms with Crippen molar-refractivity contribution in [2.75, 3.05) is 20.2 Å². The van der Waals surface area contributed by atoms with Crippen LogP contribution < -0.4 is 4.74 Å². The van der Waals surface area contributed by atoms with Crippen LogP contribution in [0.4, 0.5) is 4.79 Å². The number of benzene rings is 1. The Balaban J connectivity index is 1.83. The van der Waals surface area contributed by atoms with Gasteiger partial charge < -0.3 is 14.4 Å². The standard InChI is InChI=1S/C23H28N2O5S/c1-23(2,3)30-22(26)25-12-11-17(15-25)19-10-9-18(13-20(19)29-4)31(27,28)21-8-6-5-7-16(21)14-24/h5-10,13,16-17,21H,11-12,15H2,1-4H3. The minimum absolute atomic E-state index is 0.0172. The predicted molar refractivity (Wildman–Crippen MR) is 117 cm³/mol. The van der Waals surface area contributed by atoms with Crippen LogP contribution in [0.2, 0.25) is 0 Å². The van der Waals surface area contributed by atoms with E-state index in [0.717, 1.165) is 12.0 Å². The zero-order valence-corrected chi connectivity index (χ0v) is 19.1. The average molecular weight is 445 g/mol. The maximum atomic E-state index is 13.2. The number of allylic oxidation sites excluding steroid dienone is 3. The zero-order chi connectivity index (χ0) is 22.8. The lowest BCUT2D eigenvalue weighted by Crippen LogP contribution is -2.35. The van der Waals surface area contributed by atoms with E-state index in [9.17, 15) is 18.5 Å². The highest BCUT2D eigenvalue weighted by Gasteiger charge is 2.35. The molecule has 1 aromatic carbocycles. The van der Waals surface area contributed by atoms with E-state index in [-0.39, 0.29) is 16.9 Å². The largest absolute Gasteiger partial charge is 0.496 e. The first-order valence-corrected chi connectivity index (χ1v) is 11.8. The van der Waals surface area contributed by atoms with Crippen LogP contribution in [0.15, 0.2) is 47.4 Å². The Morgan fingerprint density at radius 3 is 2.58 bits per heavy atom. The summed E-state index contributed by atoms with van der Waals surface area (Å²) in [5, 5.41) is 8.40. The number of rotatable bonds is 4. The number of carbonyl (C=O) groups excluding carboxylic acids is 1. The molecule has 2 aliphatic rings. The van der Waals surface area contributed by atoms with Gasteiger partial charge in [-0.2, -0.15) is 5.26 Å². The number of ether oxygens (including phenoxy) is 2. The lowest BCUT2D eigenvalue weighted by atomic mass is 9.97. The van der Waals surface area contributed by atoms with Crippen LogP contribution in [-0.2, 0) is 14.6 Å². The van der Waals surface area contributed by atoms with Crippen molar-refractivity contribution < 1.29 is 22.7 Å². The second-order valence-electron chi connectivity index (χ2n) is 8.75. The maximum absolute atomic E-state index is 13.2. The molecule has 0 N–H and O–H groups in total. The number of hydrogen-bond acceptors (Lipinski definition) is 6. The van der Waals surface area contributed by atoms with Gasteiger partial charge in [-0.25, -0.2) is 13.2 Å². The monoisotopic (exact) mass is 444 g/mol. The maximum Gasteiger partial charge on any atom is 0.410 e. The Bertz CT molecular complexity index is 1050. The van der Waals surface area contributed by atoms with E-state index in [2.05, 4.69) is 0 Å². The predicted octanol–water partition coefficient (Wildman–Crippen LogP) is 3.83. The summed E-state index contributed by atoms with van der Waals surface area (Å²) in [5.41, 5.74) is 0.288. The molecule has 8 heteroatoms. The molecule has 31 heavy (non-hydrogen) atoms. The molecule has 1 amide bonds. The van der Waals surface area contributed by atoms with E-state index in [0.29, 0.717) is 18.8 Å². The fourth-order valence-electron chi connectivity index (χ4n) is 3.87. The lowest BCUT2D eigenvalue weighted by Gasteiger charge is -2.24. The Morgan fingerprint density at radius 1 is 1.23 bits per heavy atom. The van der Waals surface area contributed by atoms with Crippen LogP contribution in [-0.4, -0.2) is 50.5 Å². The fourth-order valence-corrected chi connectivity index (χ4v) is 5.55. The molecule has 0 spiro atoms. The molecule has 0 aromatic heterocycles. The molecule has 1 heterocycles. The molecule has 166 valence electrons. The second kappa shape index (κ2) is 8.75. The van der Waals surface area contributed by atoms with Gasteiger partial charge in [0.15, 0.2) is 9.84 Å². The van der Waals surface area contributed by atoms with Gasteiger partial charge in [-0.3, -0.25) is 0 Å². The van der Waals surface area contributed by atoms with Crippen LogP contribution in [0.1, 0.15) is 38.7 Å². The smallest absolute Gasteiger partial charge is 0.410 e. The Kier molecular flexibility index (Phi) is 6.46. The van der Waals surface area contributed by atoms with Crippen LogP contribution in [0.3, 0.4) is 0 Å². The molecule has 1 aliphatic carbocycles. The van der Waals surface area contributed by atoms with Gasteiger partial charge in [0, 0.05) is 19.0 Å². The molecule has 0 radical (unpaired) electrons. The normalized spacial score (nSPS) is 23.5. The third-order valence-corrected chi connectivity index (χ3v) is 7.48. The van der Waals surface area contributed by atoms with Gasteiger partial charge in [0.2, 0.25) is 0 Å². The van der Waals surface area contributed by atoms with Gasteiger partial charge in [-0.1, -0.05) is 30.4 Å². The summed E-state index contributed by atoms with van der Waals surface area (Å²) in [4.78, 5) is 14.1. The molecular weight excluding hydrogens is 416 g/mol. The van der Waals surface area contributed by atoms with Crippen molar-refractivity contribution >= 4 is 15.9 Å². The molecule has 3 atom stereocenters. The molecule has 0 bridgehead atoms. The van der Waals surface area contributed by atoms with Gasteiger partial charge in [0.1, 0.15) is 16.6 Å². The number of amides is 1. The van der Waals surface area contributed by atoms with E-state index in [1.54, 1.807) is 41.3 Å². The number of likely N-dealkylation sites (tertiary alicyclic amines) is 1. The van der Waals surface area contributed by atoms with Gasteiger partial charge in [0.05, 0.1) is 24.0 Å².